The van der Waals surface area contributed by atoms with Crippen LogP contribution in [0.4, 0.5) is 0 Å². The summed E-state index contributed by atoms with van der Waals surface area (Å²) in [4.78, 5) is 26.8. The van der Waals surface area contributed by atoms with Gasteiger partial charge in [-0.05, 0) is 30.9 Å². The van der Waals surface area contributed by atoms with Gasteiger partial charge in [-0.2, -0.15) is 5.10 Å². The van der Waals surface area contributed by atoms with Gasteiger partial charge in [-0.15, -0.1) is 0 Å². The number of aromatic nitrogens is 2. The van der Waals surface area contributed by atoms with Crippen molar-refractivity contribution in [2.24, 2.45) is 11.3 Å². The molecule has 2 bridgehead atoms. The molecule has 0 unspecified atom stereocenters. The number of rotatable bonds is 4. The van der Waals surface area contributed by atoms with Crippen molar-refractivity contribution in [1.29, 1.82) is 0 Å². The molecule has 26 heavy (non-hydrogen) atoms. The molecule has 2 amide bonds. The van der Waals surface area contributed by atoms with Crippen LogP contribution in [0.3, 0.4) is 0 Å². The van der Waals surface area contributed by atoms with Crippen molar-refractivity contribution < 1.29 is 18.7 Å². The number of likely N-dealkylation sites (tertiary alicyclic amines) is 1. The van der Waals surface area contributed by atoms with E-state index >= 15 is 0 Å². The van der Waals surface area contributed by atoms with E-state index in [0.29, 0.717) is 42.8 Å². The fourth-order valence-corrected chi connectivity index (χ4v) is 4.26. The fourth-order valence-electron chi connectivity index (χ4n) is 4.26. The summed E-state index contributed by atoms with van der Waals surface area (Å²) in [5.74, 6) is 1.11. The first-order valence-electron chi connectivity index (χ1n) is 8.90. The summed E-state index contributed by atoms with van der Waals surface area (Å²) >= 11 is 0. The molecular formula is C18H20N4O4. The molecule has 0 spiro atoms. The van der Waals surface area contributed by atoms with Gasteiger partial charge in [0.1, 0.15) is 5.69 Å². The van der Waals surface area contributed by atoms with E-state index < -0.39 is 0 Å². The number of nitrogens with one attached hydrogen (secondary N) is 2. The number of hydrogen-bond donors (Lipinski definition) is 2. The monoisotopic (exact) mass is 356 g/mol. The van der Waals surface area contributed by atoms with Gasteiger partial charge in [0.25, 0.3) is 5.91 Å². The van der Waals surface area contributed by atoms with E-state index in [1.54, 1.807) is 24.5 Å². The molecule has 4 fully saturated rings. The molecule has 8 heteroatoms. The van der Waals surface area contributed by atoms with Crippen LogP contribution >= 0.6 is 0 Å². The van der Waals surface area contributed by atoms with Crippen LogP contribution in [0.1, 0.15) is 23.3 Å². The van der Waals surface area contributed by atoms with Crippen molar-refractivity contribution in [3.8, 4) is 11.5 Å². The van der Waals surface area contributed by atoms with Gasteiger partial charge >= 0.3 is 0 Å². The first kappa shape index (κ1) is 15.6. The second-order valence-corrected chi connectivity index (χ2v) is 7.59. The van der Waals surface area contributed by atoms with Gasteiger partial charge in [0.05, 0.1) is 24.3 Å². The second kappa shape index (κ2) is 5.70. The number of nitrogens with zero attached hydrogens (tertiary/aromatic N) is 2. The maximum absolute atomic E-state index is 12.7. The van der Waals surface area contributed by atoms with Crippen molar-refractivity contribution in [3.63, 3.8) is 0 Å². The zero-order valence-corrected chi connectivity index (χ0v) is 14.2. The van der Waals surface area contributed by atoms with Crippen molar-refractivity contribution in [2.45, 2.75) is 18.9 Å². The first-order chi connectivity index (χ1) is 12.6. The lowest BCUT2D eigenvalue weighted by atomic mass is 9.60. The number of amides is 2. The molecule has 1 saturated carbocycles. The third-order valence-electron chi connectivity index (χ3n) is 5.65. The summed E-state index contributed by atoms with van der Waals surface area (Å²) in [7, 11) is 0. The number of ether oxygens (including phenoxy) is 1. The number of H-pyrrole nitrogens is 1. The SMILES string of the molecule is O=C(NC1CN(C(=O)C23COCC(C2)C3)C1)c1cc(-c2ccco2)[nH]n1. The molecule has 3 aliphatic heterocycles. The number of hydrogen-bond acceptors (Lipinski definition) is 5. The lowest BCUT2D eigenvalue weighted by Crippen LogP contribution is -2.67. The Balaban J connectivity index is 1.15. The molecular weight excluding hydrogens is 336 g/mol. The highest BCUT2D eigenvalue weighted by molar-refractivity contribution is 5.93. The van der Waals surface area contributed by atoms with Crippen molar-refractivity contribution >= 4 is 11.8 Å². The highest BCUT2D eigenvalue weighted by atomic mass is 16.5. The van der Waals surface area contributed by atoms with Crippen molar-refractivity contribution in [3.05, 3.63) is 30.2 Å². The number of aromatic amines is 1. The third-order valence-corrected chi connectivity index (χ3v) is 5.65. The fraction of sp³-hybridized carbons (Fsp3) is 0.500. The minimum atomic E-state index is -0.294. The highest BCUT2D eigenvalue weighted by Crippen LogP contribution is 2.51. The third kappa shape index (κ3) is 2.44. The molecule has 5 heterocycles. The maximum atomic E-state index is 12.7. The van der Waals surface area contributed by atoms with Gasteiger partial charge in [0.15, 0.2) is 11.5 Å². The Kier molecular flexibility index (Phi) is 3.43. The Bertz CT molecular complexity index is 826. The number of furan rings is 1. The highest BCUT2D eigenvalue weighted by Gasteiger charge is 2.56. The van der Waals surface area contributed by atoms with Crippen LogP contribution in [-0.4, -0.2) is 59.3 Å². The molecule has 6 rings (SSSR count). The topological polar surface area (TPSA) is 100 Å². The van der Waals surface area contributed by atoms with E-state index in [-0.39, 0.29) is 23.3 Å². The van der Waals surface area contributed by atoms with Crippen molar-refractivity contribution in [2.75, 3.05) is 26.3 Å². The van der Waals surface area contributed by atoms with E-state index in [2.05, 4.69) is 15.5 Å². The number of fused-ring (bicyclic) bond motifs is 2. The standard InChI is InChI=1S/C18H20N4O4/c23-16(14-4-13(20-21-14)15-2-1-3-26-15)19-12-7-22(8-12)17(24)18-5-11(6-18)9-25-10-18/h1-4,11-12H,5-10H2,(H,19,23)(H,20,21). The smallest absolute Gasteiger partial charge is 0.272 e. The zero-order valence-electron chi connectivity index (χ0n) is 14.2. The molecule has 4 aliphatic rings. The predicted molar refractivity (Wildman–Crippen MR) is 90.1 cm³/mol. The molecule has 0 radical (unpaired) electrons. The van der Waals surface area contributed by atoms with Crippen LogP contribution in [0.25, 0.3) is 11.5 Å². The van der Waals surface area contributed by atoms with Gasteiger partial charge in [-0.3, -0.25) is 14.7 Å². The van der Waals surface area contributed by atoms with E-state index in [9.17, 15) is 9.59 Å². The Labute approximate surface area is 149 Å². The molecule has 2 N–H and O–H groups in total. The lowest BCUT2D eigenvalue weighted by Gasteiger charge is -2.54. The Hall–Kier alpha value is -2.61. The van der Waals surface area contributed by atoms with Crippen LogP contribution in [0.5, 0.6) is 0 Å². The predicted octanol–water partition coefficient (Wildman–Crippen LogP) is 1.04. The van der Waals surface area contributed by atoms with E-state index in [4.69, 9.17) is 9.15 Å². The summed E-state index contributed by atoms with van der Waals surface area (Å²) in [6, 6.07) is 5.19. The molecule has 2 aromatic rings. The van der Waals surface area contributed by atoms with Gasteiger partial charge < -0.3 is 19.4 Å². The second-order valence-electron chi connectivity index (χ2n) is 7.59. The lowest BCUT2D eigenvalue weighted by molar-refractivity contribution is -0.181. The summed E-state index contributed by atoms with van der Waals surface area (Å²) in [5.41, 5.74) is 0.668. The molecule has 0 atom stereocenters. The minimum Gasteiger partial charge on any atom is -0.463 e. The first-order valence-corrected chi connectivity index (χ1v) is 8.90. The zero-order chi connectivity index (χ0) is 17.7. The molecule has 1 aliphatic carbocycles. The number of carbonyl (C=O) groups is 2. The molecule has 8 nitrogen and oxygen atoms in total. The van der Waals surface area contributed by atoms with Gasteiger partial charge in [-0.1, -0.05) is 0 Å². The molecule has 136 valence electrons. The summed E-state index contributed by atoms with van der Waals surface area (Å²) < 4.78 is 10.8. The summed E-state index contributed by atoms with van der Waals surface area (Å²) in [6.07, 6.45) is 3.46. The van der Waals surface area contributed by atoms with E-state index in [0.717, 1.165) is 19.4 Å². The summed E-state index contributed by atoms with van der Waals surface area (Å²) in [6.45, 7) is 2.43. The van der Waals surface area contributed by atoms with Crippen LogP contribution in [0.15, 0.2) is 28.9 Å². The quantitative estimate of drug-likeness (QED) is 0.852. The Morgan fingerprint density at radius 1 is 1.35 bits per heavy atom. The van der Waals surface area contributed by atoms with Gasteiger partial charge in [0.2, 0.25) is 5.91 Å². The largest absolute Gasteiger partial charge is 0.463 e. The van der Waals surface area contributed by atoms with Crippen LogP contribution < -0.4 is 5.32 Å². The van der Waals surface area contributed by atoms with Gasteiger partial charge in [-0.25, -0.2) is 0 Å². The number of carbonyl (C=O) groups excluding carboxylic acids is 2. The van der Waals surface area contributed by atoms with E-state index in [1.807, 2.05) is 4.90 Å². The van der Waals surface area contributed by atoms with Gasteiger partial charge in [0, 0.05) is 25.8 Å². The molecule has 2 aromatic heterocycles. The normalized spacial score (nSPS) is 27.5. The minimum absolute atomic E-state index is 0.0352. The maximum Gasteiger partial charge on any atom is 0.272 e. The van der Waals surface area contributed by atoms with Crippen molar-refractivity contribution in [1.82, 2.24) is 20.4 Å². The van der Waals surface area contributed by atoms with Crippen LogP contribution in [0.2, 0.25) is 0 Å². The molecule has 3 saturated heterocycles. The Morgan fingerprint density at radius 3 is 2.88 bits per heavy atom. The average molecular weight is 356 g/mol. The van der Waals surface area contributed by atoms with Crippen LogP contribution in [0, 0.1) is 11.3 Å². The van der Waals surface area contributed by atoms with E-state index in [1.165, 1.54) is 0 Å². The van der Waals surface area contributed by atoms with Crippen LogP contribution in [-0.2, 0) is 9.53 Å². The summed E-state index contributed by atoms with van der Waals surface area (Å²) in [5, 5.41) is 9.76. The molecule has 0 aromatic carbocycles. The average Bonchev–Trinajstić information content (AvgIpc) is 3.27. The Morgan fingerprint density at radius 2 is 2.19 bits per heavy atom.